The number of nitrogens with two attached hydrogens (primary N) is 1. The van der Waals surface area contributed by atoms with E-state index in [1.165, 1.54) is 0 Å². The van der Waals surface area contributed by atoms with Crippen LogP contribution in [0.5, 0.6) is 0 Å². The van der Waals surface area contributed by atoms with Crippen molar-refractivity contribution >= 4 is 16.9 Å². The quantitative estimate of drug-likeness (QED) is 0.747. The van der Waals surface area contributed by atoms with E-state index in [-0.39, 0.29) is 17.9 Å². The van der Waals surface area contributed by atoms with Crippen molar-refractivity contribution in [3.05, 3.63) is 48.3 Å². The second-order valence-electron chi connectivity index (χ2n) is 6.73. The average Bonchev–Trinajstić information content (AvgIpc) is 3.30. The summed E-state index contributed by atoms with van der Waals surface area (Å²) in [6, 6.07) is 7.82. The van der Waals surface area contributed by atoms with Crippen LogP contribution in [0.25, 0.3) is 11.0 Å². The molecule has 0 aliphatic carbocycles. The van der Waals surface area contributed by atoms with Crippen LogP contribution in [0.2, 0.25) is 0 Å². The highest BCUT2D eigenvalue weighted by Gasteiger charge is 2.34. The molecule has 7 nitrogen and oxygen atoms in total. The first kappa shape index (κ1) is 15.8. The molecule has 3 aromatic rings. The molecule has 3 N–H and O–H groups in total. The molecular formula is C18H22N6O. The number of rotatable bonds is 4. The van der Waals surface area contributed by atoms with Crippen molar-refractivity contribution in [3.8, 4) is 0 Å². The van der Waals surface area contributed by atoms with Crippen molar-refractivity contribution in [2.45, 2.75) is 24.8 Å². The second kappa shape index (κ2) is 6.33. The van der Waals surface area contributed by atoms with Gasteiger partial charge in [0.2, 0.25) is 5.91 Å². The molecule has 2 atom stereocenters. The van der Waals surface area contributed by atoms with Crippen LogP contribution in [-0.2, 0) is 18.3 Å². The Bertz CT molecular complexity index is 865. The molecule has 3 heterocycles. The largest absolute Gasteiger partial charge is 0.342 e. The molecule has 0 bridgehead atoms. The van der Waals surface area contributed by atoms with Gasteiger partial charge in [0.25, 0.3) is 0 Å². The molecule has 2 aromatic heterocycles. The van der Waals surface area contributed by atoms with Gasteiger partial charge in [-0.1, -0.05) is 12.1 Å². The number of imidazole rings is 2. The van der Waals surface area contributed by atoms with Crippen molar-refractivity contribution < 1.29 is 4.79 Å². The number of aromatic nitrogens is 4. The Kier molecular flexibility index (Phi) is 4.01. The number of para-hydroxylation sites is 2. The second-order valence-corrected chi connectivity index (χ2v) is 6.73. The zero-order valence-electron chi connectivity index (χ0n) is 14.2. The molecule has 25 heavy (non-hydrogen) atoms. The minimum absolute atomic E-state index is 0.0648. The highest BCUT2D eigenvalue weighted by atomic mass is 16.2. The predicted octanol–water partition coefficient (Wildman–Crippen LogP) is 1.18. The molecular weight excluding hydrogens is 316 g/mol. The third-order valence-electron chi connectivity index (χ3n) is 4.84. The molecule has 1 aromatic carbocycles. The van der Waals surface area contributed by atoms with E-state index in [1.54, 1.807) is 6.33 Å². The highest BCUT2D eigenvalue weighted by molar-refractivity contribution is 5.78. The summed E-state index contributed by atoms with van der Waals surface area (Å²) in [6.45, 7) is 1.22. The van der Waals surface area contributed by atoms with E-state index in [2.05, 4.69) is 15.0 Å². The molecule has 1 aliphatic rings. The third kappa shape index (κ3) is 3.15. The summed E-state index contributed by atoms with van der Waals surface area (Å²) >= 11 is 0. The summed E-state index contributed by atoms with van der Waals surface area (Å²) < 4.78 is 1.91. The SMILES string of the molecule is Cn1cnc([C@@H]2CN(C(=O)CCc3nc4ccccc4[nH]3)C[C@H]2N)c1. The van der Waals surface area contributed by atoms with Gasteiger partial charge in [0, 0.05) is 51.1 Å². The number of benzene rings is 1. The first-order chi connectivity index (χ1) is 12.1. The van der Waals surface area contributed by atoms with E-state index < -0.39 is 0 Å². The van der Waals surface area contributed by atoms with Gasteiger partial charge in [-0.3, -0.25) is 4.79 Å². The molecule has 1 aliphatic heterocycles. The van der Waals surface area contributed by atoms with Gasteiger partial charge < -0.3 is 20.2 Å². The molecule has 0 unspecified atom stereocenters. The number of hydrogen-bond acceptors (Lipinski definition) is 4. The minimum Gasteiger partial charge on any atom is -0.342 e. The van der Waals surface area contributed by atoms with Crippen LogP contribution in [-0.4, -0.2) is 49.5 Å². The van der Waals surface area contributed by atoms with Gasteiger partial charge in [-0.15, -0.1) is 0 Å². The van der Waals surface area contributed by atoms with Crippen LogP contribution in [0.3, 0.4) is 0 Å². The lowest BCUT2D eigenvalue weighted by Crippen LogP contribution is -2.32. The maximum atomic E-state index is 12.6. The number of carbonyl (C=O) groups excluding carboxylic acids is 1. The van der Waals surface area contributed by atoms with Crippen LogP contribution in [0.1, 0.15) is 23.9 Å². The van der Waals surface area contributed by atoms with Crippen LogP contribution >= 0.6 is 0 Å². The van der Waals surface area contributed by atoms with Gasteiger partial charge in [-0.05, 0) is 12.1 Å². The maximum Gasteiger partial charge on any atom is 0.223 e. The van der Waals surface area contributed by atoms with E-state index >= 15 is 0 Å². The van der Waals surface area contributed by atoms with Crippen molar-refractivity contribution in [3.63, 3.8) is 0 Å². The number of aryl methyl sites for hydroxylation is 2. The van der Waals surface area contributed by atoms with Crippen LogP contribution in [0.15, 0.2) is 36.8 Å². The molecule has 4 rings (SSSR count). The molecule has 1 saturated heterocycles. The molecule has 0 saturated carbocycles. The topological polar surface area (TPSA) is 92.8 Å². The van der Waals surface area contributed by atoms with Crippen molar-refractivity contribution in [1.29, 1.82) is 0 Å². The van der Waals surface area contributed by atoms with Crippen molar-refractivity contribution in [2.75, 3.05) is 13.1 Å². The Balaban J connectivity index is 1.38. The lowest BCUT2D eigenvalue weighted by atomic mass is 10.0. The number of nitrogens with zero attached hydrogens (tertiary/aromatic N) is 4. The zero-order chi connectivity index (χ0) is 17.4. The van der Waals surface area contributed by atoms with Crippen LogP contribution in [0.4, 0.5) is 0 Å². The molecule has 7 heteroatoms. The van der Waals surface area contributed by atoms with E-state index in [0.29, 0.717) is 25.9 Å². The highest BCUT2D eigenvalue weighted by Crippen LogP contribution is 2.25. The Morgan fingerprint density at radius 1 is 1.36 bits per heavy atom. The molecule has 0 radical (unpaired) electrons. The molecule has 0 spiro atoms. The van der Waals surface area contributed by atoms with Crippen molar-refractivity contribution in [2.24, 2.45) is 12.8 Å². The fourth-order valence-electron chi connectivity index (χ4n) is 3.48. The van der Waals surface area contributed by atoms with Gasteiger partial charge in [0.1, 0.15) is 5.82 Å². The fraction of sp³-hybridized carbons (Fsp3) is 0.389. The number of likely N-dealkylation sites (tertiary alicyclic amines) is 1. The zero-order valence-corrected chi connectivity index (χ0v) is 14.2. The standard InChI is InChI=1S/C18H22N6O/c1-23-10-16(20-11-23)12-8-24(9-13(12)19)18(25)7-6-17-21-14-4-2-3-5-15(14)22-17/h2-5,10-13H,6-9,19H2,1H3,(H,21,22)/t12-,13-/m1/s1. The summed E-state index contributed by atoms with van der Waals surface area (Å²) in [4.78, 5) is 26.6. The predicted molar refractivity (Wildman–Crippen MR) is 94.9 cm³/mol. The number of fused-ring (bicyclic) bond motifs is 1. The Morgan fingerprint density at radius 2 is 2.20 bits per heavy atom. The lowest BCUT2D eigenvalue weighted by molar-refractivity contribution is -0.130. The Morgan fingerprint density at radius 3 is 2.96 bits per heavy atom. The first-order valence-electron chi connectivity index (χ1n) is 8.55. The van der Waals surface area contributed by atoms with Gasteiger partial charge in [0.05, 0.1) is 23.1 Å². The normalized spacial score (nSPS) is 20.5. The third-order valence-corrected chi connectivity index (χ3v) is 4.84. The fourth-order valence-corrected chi connectivity index (χ4v) is 3.48. The molecule has 130 valence electrons. The van der Waals surface area contributed by atoms with Crippen LogP contribution < -0.4 is 5.73 Å². The summed E-state index contributed by atoms with van der Waals surface area (Å²) in [5.41, 5.74) is 9.14. The van der Waals surface area contributed by atoms with E-state index in [4.69, 9.17) is 5.73 Å². The number of carbonyl (C=O) groups is 1. The van der Waals surface area contributed by atoms with Gasteiger partial charge in [-0.2, -0.15) is 0 Å². The maximum absolute atomic E-state index is 12.6. The smallest absolute Gasteiger partial charge is 0.223 e. The Hall–Kier alpha value is -2.67. The Labute approximate surface area is 145 Å². The average molecular weight is 338 g/mol. The van der Waals surface area contributed by atoms with Gasteiger partial charge in [0.15, 0.2) is 0 Å². The lowest BCUT2D eigenvalue weighted by Gasteiger charge is -2.15. The van der Waals surface area contributed by atoms with E-state index in [1.807, 2.05) is 47.0 Å². The minimum atomic E-state index is -0.0648. The van der Waals surface area contributed by atoms with E-state index in [0.717, 1.165) is 22.6 Å². The van der Waals surface area contributed by atoms with Gasteiger partial charge >= 0.3 is 0 Å². The number of nitrogens with one attached hydrogen (secondary N) is 1. The summed E-state index contributed by atoms with van der Waals surface area (Å²) in [7, 11) is 1.94. The van der Waals surface area contributed by atoms with Gasteiger partial charge in [-0.25, -0.2) is 9.97 Å². The number of H-pyrrole nitrogens is 1. The molecule has 1 amide bonds. The summed E-state index contributed by atoms with van der Waals surface area (Å²) in [6.07, 6.45) is 4.79. The first-order valence-corrected chi connectivity index (χ1v) is 8.55. The van der Waals surface area contributed by atoms with Crippen molar-refractivity contribution in [1.82, 2.24) is 24.4 Å². The summed E-state index contributed by atoms with van der Waals surface area (Å²) in [5, 5.41) is 0. The monoisotopic (exact) mass is 338 g/mol. The van der Waals surface area contributed by atoms with E-state index in [9.17, 15) is 4.79 Å². The summed E-state index contributed by atoms with van der Waals surface area (Å²) in [5.74, 6) is 1.07. The number of hydrogen-bond donors (Lipinski definition) is 2. The van der Waals surface area contributed by atoms with Crippen LogP contribution in [0, 0.1) is 0 Å². The molecule has 1 fully saturated rings. The number of amides is 1. The number of aromatic amines is 1.